The zero-order valence-electron chi connectivity index (χ0n) is 7.87. The van der Waals surface area contributed by atoms with Gasteiger partial charge in [-0.2, -0.15) is 5.10 Å². The third kappa shape index (κ3) is 3.68. The molecule has 0 unspecified atom stereocenters. The smallest absolute Gasteiger partial charge is 0.157 e. The van der Waals surface area contributed by atoms with Crippen molar-refractivity contribution < 1.29 is 4.74 Å². The fraction of sp³-hybridized carbons (Fsp3) is 0.667. The third-order valence-corrected chi connectivity index (χ3v) is 2.00. The van der Waals surface area contributed by atoms with E-state index in [9.17, 15) is 0 Å². The van der Waals surface area contributed by atoms with Crippen LogP contribution in [-0.4, -0.2) is 22.3 Å². The molecule has 1 rings (SSSR count). The number of hydrogen-bond donors (Lipinski definition) is 0. The average Bonchev–Trinajstić information content (AvgIpc) is 2.60. The zero-order chi connectivity index (χ0) is 9.52. The lowest BCUT2D eigenvalue weighted by atomic mass is 10.4. The Morgan fingerprint density at radius 3 is 3.00 bits per heavy atom. The molecule has 4 heteroatoms. The van der Waals surface area contributed by atoms with Gasteiger partial charge in [-0.1, -0.05) is 0 Å². The van der Waals surface area contributed by atoms with Crippen molar-refractivity contribution in [3.8, 4) is 5.75 Å². The van der Waals surface area contributed by atoms with Gasteiger partial charge in [0, 0.05) is 12.4 Å². The van der Waals surface area contributed by atoms with Crippen LogP contribution in [0.4, 0.5) is 0 Å². The van der Waals surface area contributed by atoms with Crippen LogP contribution in [0, 0.1) is 0 Å². The van der Waals surface area contributed by atoms with Gasteiger partial charge >= 0.3 is 0 Å². The monoisotopic (exact) mass is 202 g/mol. The van der Waals surface area contributed by atoms with E-state index >= 15 is 0 Å². The van der Waals surface area contributed by atoms with Crippen molar-refractivity contribution in [3.63, 3.8) is 0 Å². The molecule has 0 spiro atoms. The van der Waals surface area contributed by atoms with Crippen LogP contribution in [0.25, 0.3) is 0 Å². The van der Waals surface area contributed by atoms with E-state index in [4.69, 9.17) is 16.3 Å². The molecular formula is C9H15ClN2O. The first kappa shape index (κ1) is 10.4. The molecule has 0 saturated carbocycles. The van der Waals surface area contributed by atoms with Crippen molar-refractivity contribution in [2.24, 2.45) is 0 Å². The van der Waals surface area contributed by atoms with Crippen molar-refractivity contribution >= 4 is 11.6 Å². The second-order valence-electron chi connectivity index (χ2n) is 2.78. The summed E-state index contributed by atoms with van der Waals surface area (Å²) in [5.74, 6) is 1.55. The highest BCUT2D eigenvalue weighted by Crippen LogP contribution is 2.08. The van der Waals surface area contributed by atoms with E-state index < -0.39 is 0 Å². The van der Waals surface area contributed by atoms with E-state index in [0.29, 0.717) is 5.88 Å². The molecule has 1 aromatic heterocycles. The molecule has 13 heavy (non-hydrogen) atoms. The predicted molar refractivity (Wildman–Crippen MR) is 53.4 cm³/mol. The standard InChI is InChI=1S/C9H15ClN2O/c1-2-12-8-9(7-11-12)13-6-4-3-5-10/h7-8H,2-6H2,1H3. The number of rotatable bonds is 6. The first-order chi connectivity index (χ1) is 6.36. The van der Waals surface area contributed by atoms with Crippen molar-refractivity contribution in [1.82, 2.24) is 9.78 Å². The van der Waals surface area contributed by atoms with Crippen LogP contribution in [0.2, 0.25) is 0 Å². The molecule has 0 aliphatic heterocycles. The Balaban J connectivity index is 2.20. The summed E-state index contributed by atoms with van der Waals surface area (Å²) in [6.45, 7) is 3.65. The zero-order valence-corrected chi connectivity index (χ0v) is 8.63. The highest BCUT2D eigenvalue weighted by molar-refractivity contribution is 6.17. The number of ether oxygens (including phenoxy) is 1. The van der Waals surface area contributed by atoms with Crippen LogP contribution in [0.1, 0.15) is 19.8 Å². The van der Waals surface area contributed by atoms with Crippen LogP contribution in [0.15, 0.2) is 12.4 Å². The molecule has 0 radical (unpaired) electrons. The fourth-order valence-corrected chi connectivity index (χ4v) is 1.17. The number of alkyl halides is 1. The summed E-state index contributed by atoms with van der Waals surface area (Å²) in [4.78, 5) is 0. The molecule has 3 nitrogen and oxygen atoms in total. The maximum absolute atomic E-state index is 5.54. The van der Waals surface area contributed by atoms with Crippen LogP contribution in [0.3, 0.4) is 0 Å². The Morgan fingerprint density at radius 2 is 2.38 bits per heavy atom. The lowest BCUT2D eigenvalue weighted by Crippen LogP contribution is -1.97. The topological polar surface area (TPSA) is 27.1 Å². The predicted octanol–water partition coefficient (Wildman–Crippen LogP) is 2.30. The fourth-order valence-electron chi connectivity index (χ4n) is 0.979. The van der Waals surface area contributed by atoms with Gasteiger partial charge in [-0.25, -0.2) is 0 Å². The SMILES string of the molecule is CCn1cc(OCCCCCl)cn1. The van der Waals surface area contributed by atoms with Crippen LogP contribution in [-0.2, 0) is 6.54 Å². The Labute approximate surface area is 83.6 Å². The molecule has 0 bridgehead atoms. The van der Waals surface area contributed by atoms with Gasteiger partial charge in [0.05, 0.1) is 19.0 Å². The van der Waals surface area contributed by atoms with Crippen molar-refractivity contribution in [2.75, 3.05) is 12.5 Å². The molecule has 0 saturated heterocycles. The Morgan fingerprint density at radius 1 is 1.54 bits per heavy atom. The maximum Gasteiger partial charge on any atom is 0.157 e. The summed E-state index contributed by atoms with van der Waals surface area (Å²) >= 11 is 5.54. The number of aromatic nitrogens is 2. The van der Waals surface area contributed by atoms with Crippen LogP contribution < -0.4 is 4.74 Å². The number of unbranched alkanes of at least 4 members (excludes halogenated alkanes) is 1. The lowest BCUT2D eigenvalue weighted by Gasteiger charge is -2.00. The van der Waals surface area contributed by atoms with Gasteiger partial charge in [0.1, 0.15) is 0 Å². The summed E-state index contributed by atoms with van der Waals surface area (Å²) in [5.41, 5.74) is 0. The van der Waals surface area contributed by atoms with Gasteiger partial charge in [0.15, 0.2) is 5.75 Å². The molecule has 74 valence electrons. The van der Waals surface area contributed by atoms with E-state index in [0.717, 1.165) is 31.7 Å². The molecule has 0 amide bonds. The first-order valence-electron chi connectivity index (χ1n) is 4.58. The second kappa shape index (κ2) is 5.86. The second-order valence-corrected chi connectivity index (χ2v) is 3.15. The number of halogens is 1. The minimum absolute atomic E-state index is 0.706. The molecule has 1 aromatic rings. The normalized spacial score (nSPS) is 10.3. The summed E-state index contributed by atoms with van der Waals surface area (Å²) in [7, 11) is 0. The summed E-state index contributed by atoms with van der Waals surface area (Å²) < 4.78 is 7.29. The molecule has 0 fully saturated rings. The number of nitrogens with zero attached hydrogens (tertiary/aromatic N) is 2. The number of hydrogen-bond acceptors (Lipinski definition) is 2. The lowest BCUT2D eigenvalue weighted by molar-refractivity contribution is 0.309. The van der Waals surface area contributed by atoms with E-state index in [-0.39, 0.29) is 0 Å². The quantitative estimate of drug-likeness (QED) is 0.523. The molecule has 0 aromatic carbocycles. The van der Waals surface area contributed by atoms with Crippen LogP contribution in [0.5, 0.6) is 5.75 Å². The maximum atomic E-state index is 5.54. The van der Waals surface area contributed by atoms with Gasteiger partial charge < -0.3 is 4.74 Å². The highest BCUT2D eigenvalue weighted by Gasteiger charge is 1.96. The van der Waals surface area contributed by atoms with Gasteiger partial charge in [-0.15, -0.1) is 11.6 Å². The van der Waals surface area contributed by atoms with Gasteiger partial charge in [0.25, 0.3) is 0 Å². The van der Waals surface area contributed by atoms with Crippen molar-refractivity contribution in [3.05, 3.63) is 12.4 Å². The minimum Gasteiger partial charge on any atom is -0.490 e. The molecule has 0 N–H and O–H groups in total. The Bertz CT molecular complexity index is 237. The first-order valence-corrected chi connectivity index (χ1v) is 5.11. The van der Waals surface area contributed by atoms with Gasteiger partial charge in [-0.3, -0.25) is 4.68 Å². The highest BCUT2D eigenvalue weighted by atomic mass is 35.5. The molecule has 0 aliphatic carbocycles. The minimum atomic E-state index is 0.706. The largest absolute Gasteiger partial charge is 0.490 e. The summed E-state index contributed by atoms with van der Waals surface area (Å²) in [5, 5.41) is 4.10. The summed E-state index contributed by atoms with van der Waals surface area (Å²) in [6, 6.07) is 0. The molecular weight excluding hydrogens is 188 g/mol. The van der Waals surface area contributed by atoms with Crippen molar-refractivity contribution in [2.45, 2.75) is 26.3 Å². The van der Waals surface area contributed by atoms with Gasteiger partial charge in [-0.05, 0) is 19.8 Å². The molecule has 0 atom stereocenters. The van der Waals surface area contributed by atoms with Crippen molar-refractivity contribution in [1.29, 1.82) is 0 Å². The van der Waals surface area contributed by atoms with E-state index in [1.807, 2.05) is 17.8 Å². The van der Waals surface area contributed by atoms with E-state index in [1.165, 1.54) is 0 Å². The average molecular weight is 203 g/mol. The van der Waals surface area contributed by atoms with E-state index in [1.54, 1.807) is 6.20 Å². The molecule has 1 heterocycles. The van der Waals surface area contributed by atoms with Gasteiger partial charge in [0.2, 0.25) is 0 Å². The molecule has 0 aliphatic rings. The summed E-state index contributed by atoms with van der Waals surface area (Å²) in [6.07, 6.45) is 5.65. The Hall–Kier alpha value is -0.700. The third-order valence-electron chi connectivity index (χ3n) is 1.73. The number of aryl methyl sites for hydroxylation is 1. The van der Waals surface area contributed by atoms with Crippen LogP contribution >= 0.6 is 11.6 Å². The Kier molecular flexibility index (Phi) is 4.68. The van der Waals surface area contributed by atoms with E-state index in [2.05, 4.69) is 5.10 Å².